The number of pyridine rings is 1. The molecule has 3 aliphatic rings. The zero-order valence-corrected chi connectivity index (χ0v) is 16.0. The Morgan fingerprint density at radius 2 is 2.00 bits per heavy atom. The summed E-state index contributed by atoms with van der Waals surface area (Å²) in [7, 11) is 0. The zero-order chi connectivity index (χ0) is 19.8. The molecular weight excluding hydrogens is 360 g/mol. The molecule has 0 aliphatic carbocycles. The molecule has 0 radical (unpaired) electrons. The van der Waals surface area contributed by atoms with Gasteiger partial charge in [-0.2, -0.15) is 0 Å². The Labute approximate surface area is 163 Å². The molecule has 4 atom stereocenters. The fraction of sp³-hybridized carbons (Fsp3) is 0.600. The van der Waals surface area contributed by atoms with Gasteiger partial charge in [0.05, 0.1) is 0 Å². The van der Waals surface area contributed by atoms with Crippen molar-refractivity contribution < 1.29 is 14.4 Å². The molecule has 4 heterocycles. The van der Waals surface area contributed by atoms with Crippen molar-refractivity contribution in [1.82, 2.24) is 20.1 Å². The van der Waals surface area contributed by atoms with Crippen LogP contribution in [0.2, 0.25) is 0 Å². The van der Waals surface area contributed by atoms with Crippen LogP contribution in [0.1, 0.15) is 50.3 Å². The first-order valence-electron chi connectivity index (χ1n) is 10.0. The maximum absolute atomic E-state index is 13.3. The van der Waals surface area contributed by atoms with Crippen molar-refractivity contribution in [1.29, 1.82) is 0 Å². The molecule has 0 unspecified atom stereocenters. The quantitative estimate of drug-likeness (QED) is 0.755. The summed E-state index contributed by atoms with van der Waals surface area (Å²) in [6, 6.07) is 3.74. The number of piperidine rings is 1. The van der Waals surface area contributed by atoms with Crippen LogP contribution in [0.4, 0.5) is 0 Å². The van der Waals surface area contributed by atoms with Crippen LogP contribution < -0.4 is 16.2 Å². The highest BCUT2D eigenvalue weighted by atomic mass is 16.2. The summed E-state index contributed by atoms with van der Waals surface area (Å²) in [5, 5.41) is 5.70. The molecule has 0 aromatic carbocycles. The van der Waals surface area contributed by atoms with Gasteiger partial charge >= 0.3 is 0 Å². The maximum atomic E-state index is 13.3. The molecule has 0 saturated carbocycles. The summed E-state index contributed by atoms with van der Waals surface area (Å²) in [4.78, 5) is 51.9. The van der Waals surface area contributed by atoms with Crippen LogP contribution >= 0.6 is 0 Å². The van der Waals surface area contributed by atoms with Crippen LogP contribution in [-0.2, 0) is 14.4 Å². The number of hydrogen-bond donors (Lipinski definition) is 2. The maximum Gasteiger partial charge on any atom is 0.251 e. The van der Waals surface area contributed by atoms with Crippen molar-refractivity contribution in [3.05, 3.63) is 34.2 Å². The number of carbonyl (C=O) groups is 3. The number of carbonyl (C=O) groups excluding carboxylic acids is 3. The van der Waals surface area contributed by atoms with Gasteiger partial charge in [0.1, 0.15) is 12.1 Å². The fourth-order valence-electron chi connectivity index (χ4n) is 4.86. The van der Waals surface area contributed by atoms with E-state index in [4.69, 9.17) is 0 Å². The molecule has 2 bridgehead atoms. The molecule has 1 aromatic rings. The second-order valence-electron chi connectivity index (χ2n) is 8.07. The largest absolute Gasteiger partial charge is 0.354 e. The SMILES string of the molecule is CC(=O)N1C[C@H]2C[C@@H](C1)[C@H](C(=O)N[C@H]1CCCCNC1=O)n1c2cccc1=O. The number of hydrogen-bond acceptors (Lipinski definition) is 4. The topological polar surface area (TPSA) is 101 Å². The lowest BCUT2D eigenvalue weighted by Gasteiger charge is -2.46. The lowest BCUT2D eigenvalue weighted by molar-refractivity contribution is -0.136. The smallest absolute Gasteiger partial charge is 0.251 e. The van der Waals surface area contributed by atoms with Crippen LogP contribution in [0, 0.1) is 5.92 Å². The lowest BCUT2D eigenvalue weighted by atomic mass is 9.78. The van der Waals surface area contributed by atoms with Gasteiger partial charge in [-0.15, -0.1) is 0 Å². The highest BCUT2D eigenvalue weighted by Gasteiger charge is 2.44. The molecule has 8 nitrogen and oxygen atoms in total. The Morgan fingerprint density at radius 1 is 1.18 bits per heavy atom. The molecule has 2 N–H and O–H groups in total. The van der Waals surface area contributed by atoms with Crippen molar-refractivity contribution in [2.75, 3.05) is 19.6 Å². The Hall–Kier alpha value is -2.64. The van der Waals surface area contributed by atoms with Gasteiger partial charge in [-0.3, -0.25) is 23.7 Å². The van der Waals surface area contributed by atoms with Crippen LogP contribution in [0.3, 0.4) is 0 Å². The molecule has 0 spiro atoms. The van der Waals surface area contributed by atoms with Gasteiger partial charge in [0.15, 0.2) is 0 Å². The van der Waals surface area contributed by atoms with E-state index in [1.165, 1.54) is 13.0 Å². The van der Waals surface area contributed by atoms with E-state index in [2.05, 4.69) is 10.6 Å². The Kier molecular flexibility index (Phi) is 4.95. The molecule has 8 heteroatoms. The molecule has 2 fully saturated rings. The molecule has 150 valence electrons. The predicted octanol–water partition coefficient (Wildman–Crippen LogP) is 0.140. The summed E-state index contributed by atoms with van der Waals surface area (Å²) in [6.07, 6.45) is 3.09. The van der Waals surface area contributed by atoms with Crippen molar-refractivity contribution in [2.45, 2.75) is 50.6 Å². The lowest BCUT2D eigenvalue weighted by Crippen LogP contribution is -2.56. The average molecular weight is 386 g/mol. The standard InChI is InChI=1S/C20H26N4O4/c1-12(25)23-10-13-9-14(11-23)18(24-16(13)6-4-7-17(24)26)20(28)22-15-5-2-3-8-21-19(15)27/h4,6-7,13-15,18H,2-3,5,8-11H2,1H3,(H,21,27)(H,22,28)/t13-,14+,15+,18-/m1/s1. The van der Waals surface area contributed by atoms with Crippen LogP contribution in [-0.4, -0.2) is 52.9 Å². The second kappa shape index (κ2) is 7.41. The minimum absolute atomic E-state index is 0.0243. The summed E-state index contributed by atoms with van der Waals surface area (Å²) in [5.41, 5.74) is 0.578. The summed E-state index contributed by atoms with van der Waals surface area (Å²) in [6.45, 7) is 3.16. The second-order valence-corrected chi connectivity index (χ2v) is 8.07. The third-order valence-electron chi connectivity index (χ3n) is 6.21. The fourth-order valence-corrected chi connectivity index (χ4v) is 4.86. The first-order chi connectivity index (χ1) is 13.5. The van der Waals surface area contributed by atoms with Gasteiger partial charge in [0.2, 0.25) is 17.7 Å². The van der Waals surface area contributed by atoms with Crippen LogP contribution in [0.5, 0.6) is 0 Å². The van der Waals surface area contributed by atoms with E-state index in [-0.39, 0.29) is 35.1 Å². The van der Waals surface area contributed by atoms with Crippen LogP contribution in [0.15, 0.2) is 23.0 Å². The Balaban J connectivity index is 1.67. The Morgan fingerprint density at radius 3 is 2.79 bits per heavy atom. The number of likely N-dealkylation sites (tertiary alicyclic amines) is 1. The molecule has 3 aliphatic heterocycles. The molecule has 28 heavy (non-hydrogen) atoms. The Bertz CT molecular complexity index is 864. The van der Waals surface area contributed by atoms with Crippen molar-refractivity contribution in [3.8, 4) is 0 Å². The highest BCUT2D eigenvalue weighted by Crippen LogP contribution is 2.41. The summed E-state index contributed by atoms with van der Waals surface area (Å²) < 4.78 is 1.58. The first-order valence-corrected chi connectivity index (χ1v) is 10.0. The minimum Gasteiger partial charge on any atom is -0.354 e. The number of fused-ring (bicyclic) bond motifs is 4. The number of rotatable bonds is 2. The van der Waals surface area contributed by atoms with E-state index in [0.29, 0.717) is 26.1 Å². The predicted molar refractivity (Wildman–Crippen MR) is 102 cm³/mol. The normalized spacial score (nSPS) is 29.3. The summed E-state index contributed by atoms with van der Waals surface area (Å²) >= 11 is 0. The highest BCUT2D eigenvalue weighted by molar-refractivity contribution is 5.89. The molecular formula is C20H26N4O4. The van der Waals surface area contributed by atoms with Gasteiger partial charge in [-0.25, -0.2) is 0 Å². The molecule has 1 aromatic heterocycles. The van der Waals surface area contributed by atoms with Gasteiger partial charge in [-0.05, 0) is 31.7 Å². The number of nitrogens with one attached hydrogen (secondary N) is 2. The van der Waals surface area contributed by atoms with Crippen molar-refractivity contribution in [3.63, 3.8) is 0 Å². The molecule has 2 saturated heterocycles. The van der Waals surface area contributed by atoms with Crippen molar-refractivity contribution >= 4 is 17.7 Å². The third-order valence-corrected chi connectivity index (χ3v) is 6.21. The minimum atomic E-state index is -0.710. The number of aromatic nitrogens is 1. The molecule has 4 rings (SSSR count). The number of amides is 3. The molecule has 3 amide bonds. The van der Waals surface area contributed by atoms with Gasteiger partial charge in [-0.1, -0.05) is 6.07 Å². The zero-order valence-electron chi connectivity index (χ0n) is 16.0. The van der Waals surface area contributed by atoms with E-state index < -0.39 is 12.1 Å². The van der Waals surface area contributed by atoms with Gasteiger partial charge < -0.3 is 15.5 Å². The summed E-state index contributed by atoms with van der Waals surface area (Å²) in [5.74, 6) is -0.616. The van der Waals surface area contributed by atoms with Gasteiger partial charge in [0.25, 0.3) is 5.56 Å². The van der Waals surface area contributed by atoms with E-state index in [1.807, 2.05) is 6.07 Å². The van der Waals surface area contributed by atoms with Gasteiger partial charge in [0, 0.05) is 50.2 Å². The van der Waals surface area contributed by atoms with E-state index in [1.54, 1.807) is 15.5 Å². The van der Waals surface area contributed by atoms with E-state index in [0.717, 1.165) is 25.0 Å². The monoisotopic (exact) mass is 386 g/mol. The first kappa shape index (κ1) is 18.7. The number of nitrogens with zero attached hydrogens (tertiary/aromatic N) is 2. The van der Waals surface area contributed by atoms with E-state index in [9.17, 15) is 19.2 Å². The average Bonchev–Trinajstić information content (AvgIpc) is 2.87. The van der Waals surface area contributed by atoms with Crippen molar-refractivity contribution in [2.24, 2.45) is 5.92 Å². The third kappa shape index (κ3) is 3.31. The van der Waals surface area contributed by atoms with E-state index >= 15 is 0 Å². The van der Waals surface area contributed by atoms with Crippen LogP contribution in [0.25, 0.3) is 0 Å².